The quantitative estimate of drug-likeness (QED) is 0.932. The zero-order chi connectivity index (χ0) is 13.1. The molecule has 1 aliphatic heterocycles. The largest absolute Gasteiger partial charge is 0.358 e. The van der Waals surface area contributed by atoms with Gasteiger partial charge in [-0.2, -0.15) is 0 Å². The monoisotopic (exact) mass is 272 g/mol. The maximum absolute atomic E-state index is 4.55. The SMILES string of the molecule is Cn1ccnc1CNC1=NCC(c2ccccc2)S1. The van der Waals surface area contributed by atoms with Gasteiger partial charge in [-0.3, -0.25) is 4.99 Å². The summed E-state index contributed by atoms with van der Waals surface area (Å²) in [7, 11) is 2.00. The van der Waals surface area contributed by atoms with Crippen LogP contribution in [0, 0.1) is 0 Å². The van der Waals surface area contributed by atoms with Crippen LogP contribution in [0.25, 0.3) is 0 Å². The predicted molar refractivity (Wildman–Crippen MR) is 79.1 cm³/mol. The highest BCUT2D eigenvalue weighted by Gasteiger charge is 2.20. The number of hydrogen-bond acceptors (Lipinski definition) is 4. The molecule has 3 rings (SSSR count). The topological polar surface area (TPSA) is 42.2 Å². The van der Waals surface area contributed by atoms with E-state index in [1.807, 2.05) is 30.1 Å². The molecule has 1 unspecified atom stereocenters. The van der Waals surface area contributed by atoms with Crippen molar-refractivity contribution in [3.63, 3.8) is 0 Å². The number of rotatable bonds is 3. The Labute approximate surface area is 117 Å². The van der Waals surface area contributed by atoms with Crippen LogP contribution in [0.1, 0.15) is 16.6 Å². The molecule has 0 aliphatic carbocycles. The van der Waals surface area contributed by atoms with Crippen LogP contribution in [-0.2, 0) is 13.6 Å². The summed E-state index contributed by atoms with van der Waals surface area (Å²) in [5.74, 6) is 1.02. The lowest BCUT2D eigenvalue weighted by atomic mass is 10.1. The number of hydrogen-bond donors (Lipinski definition) is 1. The molecule has 19 heavy (non-hydrogen) atoms. The third-order valence-corrected chi connectivity index (χ3v) is 4.35. The number of aryl methyl sites for hydroxylation is 1. The van der Waals surface area contributed by atoms with Crippen molar-refractivity contribution in [1.82, 2.24) is 14.9 Å². The van der Waals surface area contributed by atoms with Crippen molar-refractivity contribution in [2.75, 3.05) is 6.54 Å². The highest BCUT2D eigenvalue weighted by Crippen LogP contribution is 2.34. The lowest BCUT2D eigenvalue weighted by molar-refractivity contribution is 0.754. The Balaban J connectivity index is 1.56. The van der Waals surface area contributed by atoms with E-state index in [0.717, 1.165) is 24.1 Å². The van der Waals surface area contributed by atoms with Crippen molar-refractivity contribution in [2.45, 2.75) is 11.8 Å². The molecule has 1 aromatic carbocycles. The van der Waals surface area contributed by atoms with Crippen molar-refractivity contribution in [3.8, 4) is 0 Å². The van der Waals surface area contributed by atoms with Gasteiger partial charge in [0.25, 0.3) is 0 Å². The summed E-state index contributed by atoms with van der Waals surface area (Å²) in [4.78, 5) is 8.84. The van der Waals surface area contributed by atoms with E-state index in [1.54, 1.807) is 11.8 Å². The van der Waals surface area contributed by atoms with Crippen molar-refractivity contribution >= 4 is 16.9 Å². The first-order chi connectivity index (χ1) is 9.33. The first-order valence-electron chi connectivity index (χ1n) is 6.29. The van der Waals surface area contributed by atoms with E-state index >= 15 is 0 Å². The maximum Gasteiger partial charge on any atom is 0.157 e. The van der Waals surface area contributed by atoms with E-state index < -0.39 is 0 Å². The zero-order valence-electron chi connectivity index (χ0n) is 10.8. The number of thioether (sulfide) groups is 1. The van der Waals surface area contributed by atoms with Crippen LogP contribution in [0.2, 0.25) is 0 Å². The van der Waals surface area contributed by atoms with Gasteiger partial charge in [0.2, 0.25) is 0 Å². The highest BCUT2D eigenvalue weighted by molar-refractivity contribution is 8.14. The fourth-order valence-electron chi connectivity index (χ4n) is 2.04. The Morgan fingerprint density at radius 1 is 1.37 bits per heavy atom. The molecule has 1 aliphatic rings. The Morgan fingerprint density at radius 2 is 2.21 bits per heavy atom. The smallest absolute Gasteiger partial charge is 0.157 e. The molecule has 0 amide bonds. The summed E-state index contributed by atoms with van der Waals surface area (Å²) >= 11 is 1.79. The molecular weight excluding hydrogens is 256 g/mol. The molecule has 0 spiro atoms. The van der Waals surface area contributed by atoms with E-state index in [2.05, 4.69) is 39.6 Å². The number of aliphatic imine (C=N–C) groups is 1. The van der Waals surface area contributed by atoms with Gasteiger partial charge in [-0.05, 0) is 5.56 Å². The molecule has 2 aromatic rings. The normalized spacial score (nSPS) is 18.4. The van der Waals surface area contributed by atoms with Gasteiger partial charge in [-0.1, -0.05) is 42.1 Å². The minimum atomic E-state index is 0.435. The van der Waals surface area contributed by atoms with Crippen molar-refractivity contribution in [2.24, 2.45) is 12.0 Å². The van der Waals surface area contributed by atoms with Crippen LogP contribution in [0.3, 0.4) is 0 Å². The van der Waals surface area contributed by atoms with Crippen LogP contribution in [0.5, 0.6) is 0 Å². The molecule has 0 fully saturated rings. The van der Waals surface area contributed by atoms with Crippen molar-refractivity contribution in [1.29, 1.82) is 0 Å². The van der Waals surface area contributed by atoms with Crippen LogP contribution < -0.4 is 5.32 Å². The van der Waals surface area contributed by atoms with Crippen molar-refractivity contribution in [3.05, 3.63) is 54.1 Å². The molecule has 2 heterocycles. The molecule has 1 aromatic heterocycles. The van der Waals surface area contributed by atoms with Gasteiger partial charge in [0.1, 0.15) is 5.82 Å². The maximum atomic E-state index is 4.55. The first-order valence-corrected chi connectivity index (χ1v) is 7.17. The summed E-state index contributed by atoms with van der Waals surface area (Å²) in [5, 5.41) is 4.80. The number of amidine groups is 1. The van der Waals surface area contributed by atoms with Crippen LogP contribution in [0.4, 0.5) is 0 Å². The van der Waals surface area contributed by atoms with Crippen LogP contribution in [-0.4, -0.2) is 21.3 Å². The van der Waals surface area contributed by atoms with Gasteiger partial charge in [0, 0.05) is 19.4 Å². The Morgan fingerprint density at radius 3 is 2.95 bits per heavy atom. The average molecular weight is 272 g/mol. The zero-order valence-corrected chi connectivity index (χ0v) is 11.6. The second-order valence-corrected chi connectivity index (χ2v) is 5.66. The van der Waals surface area contributed by atoms with Gasteiger partial charge in [-0.25, -0.2) is 4.98 Å². The lowest BCUT2D eigenvalue weighted by Gasteiger charge is -2.09. The summed E-state index contributed by atoms with van der Waals surface area (Å²) in [5.41, 5.74) is 1.34. The van der Waals surface area contributed by atoms with E-state index in [9.17, 15) is 0 Å². The fraction of sp³-hybridized carbons (Fsp3) is 0.286. The van der Waals surface area contributed by atoms with Gasteiger partial charge in [-0.15, -0.1) is 0 Å². The van der Waals surface area contributed by atoms with Gasteiger partial charge >= 0.3 is 0 Å². The molecule has 0 bridgehead atoms. The second-order valence-electron chi connectivity index (χ2n) is 4.47. The Hall–Kier alpha value is -1.75. The number of aromatic nitrogens is 2. The lowest BCUT2D eigenvalue weighted by Crippen LogP contribution is -2.20. The summed E-state index contributed by atoms with van der Waals surface area (Å²) in [6.45, 7) is 1.56. The summed E-state index contributed by atoms with van der Waals surface area (Å²) in [6, 6.07) is 10.5. The molecule has 1 N–H and O–H groups in total. The number of benzene rings is 1. The molecule has 0 saturated heterocycles. The van der Waals surface area contributed by atoms with Crippen LogP contribution >= 0.6 is 11.8 Å². The number of nitrogens with zero attached hydrogens (tertiary/aromatic N) is 3. The van der Waals surface area contributed by atoms with Gasteiger partial charge < -0.3 is 9.88 Å². The minimum absolute atomic E-state index is 0.435. The van der Waals surface area contributed by atoms with Crippen LogP contribution in [0.15, 0.2) is 47.7 Å². The van der Waals surface area contributed by atoms with E-state index in [4.69, 9.17) is 0 Å². The van der Waals surface area contributed by atoms with E-state index in [0.29, 0.717) is 5.25 Å². The molecule has 0 saturated carbocycles. The summed E-state index contributed by atoms with van der Waals surface area (Å²) < 4.78 is 2.02. The Bertz CT molecular complexity index is 576. The minimum Gasteiger partial charge on any atom is -0.358 e. The first kappa shape index (κ1) is 12.3. The number of imidazole rings is 1. The third kappa shape index (κ3) is 2.81. The molecule has 98 valence electrons. The Kier molecular flexibility index (Phi) is 3.55. The van der Waals surface area contributed by atoms with Crippen molar-refractivity contribution < 1.29 is 0 Å². The molecule has 0 radical (unpaired) electrons. The number of nitrogens with one attached hydrogen (secondary N) is 1. The molecule has 4 nitrogen and oxygen atoms in total. The second kappa shape index (κ2) is 5.48. The average Bonchev–Trinajstić information content (AvgIpc) is 3.06. The molecule has 5 heteroatoms. The third-order valence-electron chi connectivity index (χ3n) is 3.14. The fourth-order valence-corrected chi connectivity index (χ4v) is 3.05. The van der Waals surface area contributed by atoms with E-state index in [1.165, 1.54) is 5.56 Å². The highest BCUT2D eigenvalue weighted by atomic mass is 32.2. The standard InChI is InChI=1S/C14H16N4S/c1-18-8-7-15-13(18)10-17-14-16-9-12(19-14)11-5-3-2-4-6-11/h2-8,12H,9-10H2,1H3,(H,16,17). The molecule has 1 atom stereocenters. The van der Waals surface area contributed by atoms with Gasteiger partial charge in [0.05, 0.1) is 18.3 Å². The van der Waals surface area contributed by atoms with Gasteiger partial charge in [0.15, 0.2) is 5.17 Å². The summed E-state index contributed by atoms with van der Waals surface area (Å²) in [6.07, 6.45) is 3.76. The molecular formula is C14H16N4S. The predicted octanol–water partition coefficient (Wildman–Crippen LogP) is 2.35. The van der Waals surface area contributed by atoms with E-state index in [-0.39, 0.29) is 0 Å².